The number of aliphatic hydroxyl groups excluding tert-OH is 1. The zero-order valence-electron chi connectivity index (χ0n) is 15.5. The number of hydrogen-bond acceptors (Lipinski definition) is 6. The van der Waals surface area contributed by atoms with Gasteiger partial charge in [-0.25, -0.2) is 0 Å². The van der Waals surface area contributed by atoms with Crippen molar-refractivity contribution < 1.29 is 24.0 Å². The first-order chi connectivity index (χ1) is 13.8. The van der Waals surface area contributed by atoms with Gasteiger partial charge in [0.15, 0.2) is 0 Å². The van der Waals surface area contributed by atoms with Crippen molar-refractivity contribution in [1.29, 1.82) is 0 Å². The number of halogens is 1. The van der Waals surface area contributed by atoms with Crippen molar-refractivity contribution >= 4 is 28.9 Å². The molecule has 3 rings (SSSR count). The van der Waals surface area contributed by atoms with Gasteiger partial charge in [0, 0.05) is 37.6 Å². The number of nitro benzene ring substituents is 1. The molecule has 0 saturated carbocycles. The number of nitrogens with zero attached hydrogens (tertiary/aromatic N) is 2. The van der Waals surface area contributed by atoms with Crippen molar-refractivity contribution in [3.63, 3.8) is 0 Å². The summed E-state index contributed by atoms with van der Waals surface area (Å²) in [6, 6.07) is 8.26. The van der Waals surface area contributed by atoms with Crippen LogP contribution in [-0.2, 0) is 16.0 Å². The first-order valence-electron chi connectivity index (χ1n) is 8.81. The van der Waals surface area contributed by atoms with Crippen LogP contribution in [0.5, 0.6) is 0 Å². The molecule has 29 heavy (non-hydrogen) atoms. The Balaban J connectivity index is 1.57. The number of fused-ring (bicyclic) bond motifs is 1. The first kappa shape index (κ1) is 20.2. The molecule has 0 fully saturated rings. The molecule has 1 aliphatic rings. The van der Waals surface area contributed by atoms with Crippen LogP contribution in [-0.4, -0.2) is 42.0 Å². The quantitative estimate of drug-likeness (QED) is 0.396. The van der Waals surface area contributed by atoms with E-state index in [1.807, 2.05) is 19.2 Å². The number of rotatable bonds is 5. The van der Waals surface area contributed by atoms with Crippen LogP contribution in [0, 0.1) is 15.9 Å². The molecule has 1 aliphatic heterocycles. The number of hydrogen-bond donors (Lipinski definition) is 3. The van der Waals surface area contributed by atoms with Crippen LogP contribution in [0.2, 0.25) is 0 Å². The van der Waals surface area contributed by atoms with Gasteiger partial charge >= 0.3 is 17.5 Å². The van der Waals surface area contributed by atoms with E-state index in [0.717, 1.165) is 42.4 Å². The highest BCUT2D eigenvalue weighted by Crippen LogP contribution is 2.29. The lowest BCUT2D eigenvalue weighted by Gasteiger charge is -2.15. The normalized spacial score (nSPS) is 13.6. The van der Waals surface area contributed by atoms with Gasteiger partial charge in [-0.2, -0.15) is 4.39 Å². The van der Waals surface area contributed by atoms with E-state index >= 15 is 0 Å². The lowest BCUT2D eigenvalue weighted by atomic mass is 10.0. The summed E-state index contributed by atoms with van der Waals surface area (Å²) in [5, 5.41) is 25.5. The van der Waals surface area contributed by atoms with Gasteiger partial charge in [-0.1, -0.05) is 12.1 Å². The molecule has 0 aliphatic carbocycles. The summed E-state index contributed by atoms with van der Waals surface area (Å²) >= 11 is 0. The molecule has 0 saturated heterocycles. The summed E-state index contributed by atoms with van der Waals surface area (Å²) in [4.78, 5) is 35.8. The zero-order valence-corrected chi connectivity index (χ0v) is 15.5. The Hall–Kier alpha value is -3.53. The van der Waals surface area contributed by atoms with E-state index in [0.29, 0.717) is 5.56 Å². The molecule has 9 nitrogen and oxygen atoms in total. The lowest BCUT2D eigenvalue weighted by molar-refractivity contribution is -0.387. The summed E-state index contributed by atoms with van der Waals surface area (Å²) in [5.41, 5.74) is 1.90. The van der Waals surface area contributed by atoms with E-state index in [9.17, 15) is 29.2 Å². The van der Waals surface area contributed by atoms with Gasteiger partial charge in [0.05, 0.1) is 11.0 Å². The summed E-state index contributed by atoms with van der Waals surface area (Å²) < 4.78 is 13.3. The molecule has 0 aromatic heterocycles. The molecule has 2 amide bonds. The van der Waals surface area contributed by atoms with Crippen LogP contribution in [0.4, 0.5) is 21.5 Å². The molecule has 3 N–H and O–H groups in total. The molecule has 0 radical (unpaired) electrons. The fraction of sp³-hybridized carbons (Fsp3) is 0.263. The molecule has 1 heterocycles. The minimum Gasteiger partial charge on any atom is -0.387 e. The van der Waals surface area contributed by atoms with Crippen LogP contribution in [0.3, 0.4) is 0 Å². The van der Waals surface area contributed by atoms with Gasteiger partial charge in [-0.15, -0.1) is 0 Å². The van der Waals surface area contributed by atoms with Crippen LogP contribution >= 0.6 is 0 Å². The summed E-state index contributed by atoms with van der Waals surface area (Å²) in [5.74, 6) is -3.17. The SMILES string of the molecule is CN1CCc2cc(C(O)CNC(=O)C(=O)Nc3ccc(F)c([N+](=O)[O-])c3)ccc21. The van der Waals surface area contributed by atoms with Gasteiger partial charge < -0.3 is 20.6 Å². The second-order valence-corrected chi connectivity index (χ2v) is 6.66. The van der Waals surface area contributed by atoms with E-state index in [-0.39, 0.29) is 12.2 Å². The van der Waals surface area contributed by atoms with Crippen molar-refractivity contribution in [2.45, 2.75) is 12.5 Å². The second-order valence-electron chi connectivity index (χ2n) is 6.66. The van der Waals surface area contributed by atoms with E-state index in [2.05, 4.69) is 15.5 Å². The third kappa shape index (κ3) is 4.49. The third-order valence-corrected chi connectivity index (χ3v) is 4.68. The van der Waals surface area contributed by atoms with Gasteiger partial charge in [0.2, 0.25) is 5.82 Å². The number of anilines is 2. The maximum atomic E-state index is 13.3. The monoisotopic (exact) mass is 402 g/mol. The Kier molecular flexibility index (Phi) is 5.74. The highest BCUT2D eigenvalue weighted by Gasteiger charge is 2.21. The first-order valence-corrected chi connectivity index (χ1v) is 8.81. The van der Waals surface area contributed by atoms with Gasteiger partial charge in [0.25, 0.3) is 0 Å². The maximum absolute atomic E-state index is 13.3. The average molecular weight is 402 g/mol. The fourth-order valence-corrected chi connectivity index (χ4v) is 3.10. The number of nitrogens with one attached hydrogen (secondary N) is 2. The Morgan fingerprint density at radius 1 is 1.28 bits per heavy atom. The number of amides is 2. The van der Waals surface area contributed by atoms with E-state index in [1.165, 1.54) is 0 Å². The number of carbonyl (C=O) groups is 2. The highest BCUT2D eigenvalue weighted by molar-refractivity contribution is 6.39. The largest absolute Gasteiger partial charge is 0.387 e. The van der Waals surface area contributed by atoms with Crippen LogP contribution in [0.15, 0.2) is 36.4 Å². The molecule has 1 atom stereocenters. The summed E-state index contributed by atoms with van der Waals surface area (Å²) in [7, 11) is 1.98. The number of aliphatic hydroxyl groups is 1. The Morgan fingerprint density at radius 3 is 2.76 bits per heavy atom. The summed E-state index contributed by atoms with van der Waals surface area (Å²) in [6.45, 7) is 0.706. The highest BCUT2D eigenvalue weighted by atomic mass is 19.1. The van der Waals surface area contributed by atoms with Crippen LogP contribution in [0.1, 0.15) is 17.2 Å². The van der Waals surface area contributed by atoms with Crippen molar-refractivity contribution in [3.05, 3.63) is 63.5 Å². The van der Waals surface area contributed by atoms with Crippen LogP contribution in [0.25, 0.3) is 0 Å². The minimum absolute atomic E-state index is 0.0958. The van der Waals surface area contributed by atoms with Crippen LogP contribution < -0.4 is 15.5 Å². The smallest absolute Gasteiger partial charge is 0.313 e. The van der Waals surface area contributed by atoms with Gasteiger partial charge in [-0.3, -0.25) is 19.7 Å². The van der Waals surface area contributed by atoms with Gasteiger partial charge in [-0.05, 0) is 35.7 Å². The standard InChI is InChI=1S/C19H19FN4O5/c1-23-7-6-11-8-12(2-5-15(11)23)17(25)10-21-18(26)19(27)22-13-3-4-14(20)16(9-13)24(28)29/h2-5,8-9,17,25H,6-7,10H2,1H3,(H,21,26)(H,22,27). The lowest BCUT2D eigenvalue weighted by Crippen LogP contribution is -2.37. The maximum Gasteiger partial charge on any atom is 0.313 e. The van der Waals surface area contributed by atoms with Crippen molar-refractivity contribution in [2.24, 2.45) is 0 Å². The molecule has 0 spiro atoms. The minimum atomic E-state index is -1.09. The number of nitro groups is 1. The third-order valence-electron chi connectivity index (χ3n) is 4.68. The number of carbonyl (C=O) groups excluding carboxylic acids is 2. The molecular weight excluding hydrogens is 383 g/mol. The van der Waals surface area contributed by atoms with Crippen molar-refractivity contribution in [1.82, 2.24) is 5.32 Å². The topological polar surface area (TPSA) is 125 Å². The fourth-order valence-electron chi connectivity index (χ4n) is 3.10. The Labute approximate surface area is 165 Å². The second kappa shape index (κ2) is 8.23. The predicted molar refractivity (Wildman–Crippen MR) is 103 cm³/mol. The molecule has 1 unspecified atom stereocenters. The molecule has 0 bridgehead atoms. The number of likely N-dealkylation sites (N-methyl/N-ethyl adjacent to an activating group) is 1. The van der Waals surface area contributed by atoms with Crippen molar-refractivity contribution in [2.75, 3.05) is 30.4 Å². The van der Waals surface area contributed by atoms with Crippen molar-refractivity contribution in [3.8, 4) is 0 Å². The molecular formula is C19H19FN4O5. The zero-order chi connectivity index (χ0) is 21.1. The average Bonchev–Trinajstić information content (AvgIpc) is 3.07. The number of benzene rings is 2. The van der Waals surface area contributed by atoms with E-state index < -0.39 is 34.3 Å². The summed E-state index contributed by atoms with van der Waals surface area (Å²) in [6.07, 6.45) is -0.139. The molecule has 2 aromatic carbocycles. The van der Waals surface area contributed by atoms with E-state index in [1.54, 1.807) is 6.07 Å². The predicted octanol–water partition coefficient (Wildman–Crippen LogP) is 1.51. The molecule has 10 heteroatoms. The molecule has 152 valence electrons. The Bertz CT molecular complexity index is 981. The molecule has 2 aromatic rings. The van der Waals surface area contributed by atoms with Gasteiger partial charge in [0.1, 0.15) is 0 Å². The Morgan fingerprint density at radius 2 is 2.03 bits per heavy atom. The van der Waals surface area contributed by atoms with E-state index in [4.69, 9.17) is 0 Å².